The number of benzene rings is 2. The van der Waals surface area contributed by atoms with E-state index in [0.717, 1.165) is 5.56 Å². The number of nitrogens with zero attached hydrogens (tertiary/aromatic N) is 2. The molecule has 0 spiro atoms. The van der Waals surface area contributed by atoms with E-state index >= 15 is 0 Å². The van der Waals surface area contributed by atoms with Crippen molar-refractivity contribution in [2.24, 2.45) is 0 Å². The summed E-state index contributed by atoms with van der Waals surface area (Å²) in [6.07, 6.45) is 0. The molecule has 8 heteroatoms. The van der Waals surface area contributed by atoms with E-state index in [4.69, 9.17) is 0 Å². The predicted molar refractivity (Wildman–Crippen MR) is 114 cm³/mol. The summed E-state index contributed by atoms with van der Waals surface area (Å²) in [5, 5.41) is 5.40. The van der Waals surface area contributed by atoms with Gasteiger partial charge >= 0.3 is 0 Å². The van der Waals surface area contributed by atoms with E-state index in [9.17, 15) is 18.8 Å². The van der Waals surface area contributed by atoms with Crippen LogP contribution >= 0.6 is 0 Å². The van der Waals surface area contributed by atoms with Crippen molar-refractivity contribution in [3.63, 3.8) is 0 Å². The van der Waals surface area contributed by atoms with E-state index in [2.05, 4.69) is 10.6 Å². The molecule has 3 amide bonds. The number of hydrogen-bond donors (Lipinski definition) is 2. The summed E-state index contributed by atoms with van der Waals surface area (Å²) in [6.45, 7) is 4.21. The van der Waals surface area contributed by atoms with Crippen LogP contribution in [0.1, 0.15) is 19.4 Å². The average molecular weight is 414 g/mol. The van der Waals surface area contributed by atoms with Crippen LogP contribution in [0.3, 0.4) is 0 Å². The first kappa shape index (κ1) is 23.0. The van der Waals surface area contributed by atoms with Crippen molar-refractivity contribution in [3.8, 4) is 0 Å². The van der Waals surface area contributed by atoms with Crippen molar-refractivity contribution in [1.82, 2.24) is 9.80 Å². The third-order valence-corrected chi connectivity index (χ3v) is 4.33. The SMILES string of the molecule is CCN(CC(=O)Nc1ccc(NC(C)=O)cc1)C(=O)CN(C)Cc1ccc(F)cc1. The Morgan fingerprint density at radius 2 is 1.47 bits per heavy atom. The molecule has 2 aromatic rings. The second-order valence-electron chi connectivity index (χ2n) is 7.01. The van der Waals surface area contributed by atoms with Gasteiger partial charge in [-0.1, -0.05) is 12.1 Å². The Labute approximate surface area is 175 Å². The Kier molecular flexibility index (Phi) is 8.49. The second-order valence-corrected chi connectivity index (χ2v) is 7.01. The summed E-state index contributed by atoms with van der Waals surface area (Å²) in [5.74, 6) is -0.949. The van der Waals surface area contributed by atoms with E-state index < -0.39 is 0 Å². The van der Waals surface area contributed by atoms with Crippen molar-refractivity contribution < 1.29 is 18.8 Å². The molecule has 0 atom stereocenters. The smallest absolute Gasteiger partial charge is 0.243 e. The predicted octanol–water partition coefficient (Wildman–Crippen LogP) is 2.70. The second kappa shape index (κ2) is 11.1. The third kappa shape index (κ3) is 7.63. The van der Waals surface area contributed by atoms with Gasteiger partial charge in [0.15, 0.2) is 0 Å². The lowest BCUT2D eigenvalue weighted by Crippen LogP contribution is -2.42. The lowest BCUT2D eigenvalue weighted by Gasteiger charge is -2.24. The molecular weight excluding hydrogens is 387 g/mol. The molecule has 0 aliphatic carbocycles. The van der Waals surface area contributed by atoms with Crippen LogP contribution in [-0.2, 0) is 20.9 Å². The quantitative estimate of drug-likeness (QED) is 0.661. The Hall–Kier alpha value is -3.26. The van der Waals surface area contributed by atoms with Crippen LogP contribution in [0.5, 0.6) is 0 Å². The van der Waals surface area contributed by atoms with Crippen LogP contribution in [-0.4, -0.2) is 54.2 Å². The zero-order chi connectivity index (χ0) is 22.1. The fourth-order valence-corrected chi connectivity index (χ4v) is 2.88. The number of nitrogens with one attached hydrogen (secondary N) is 2. The van der Waals surface area contributed by atoms with Gasteiger partial charge in [0, 0.05) is 31.4 Å². The van der Waals surface area contributed by atoms with E-state index in [1.807, 2.05) is 11.8 Å². The number of hydrogen-bond acceptors (Lipinski definition) is 4. The van der Waals surface area contributed by atoms with E-state index in [1.165, 1.54) is 24.0 Å². The first-order chi connectivity index (χ1) is 14.3. The Balaban J connectivity index is 1.85. The normalized spacial score (nSPS) is 10.6. The van der Waals surface area contributed by atoms with Crippen LogP contribution in [0.2, 0.25) is 0 Å². The van der Waals surface area contributed by atoms with Crippen LogP contribution in [0, 0.1) is 5.82 Å². The lowest BCUT2D eigenvalue weighted by molar-refractivity contribution is -0.135. The van der Waals surface area contributed by atoms with Gasteiger partial charge in [0.25, 0.3) is 0 Å². The fourth-order valence-electron chi connectivity index (χ4n) is 2.88. The summed E-state index contributed by atoms with van der Waals surface area (Å²) in [6, 6.07) is 12.9. The number of rotatable bonds is 9. The van der Waals surface area contributed by atoms with Gasteiger partial charge in [-0.15, -0.1) is 0 Å². The average Bonchev–Trinajstić information content (AvgIpc) is 2.69. The first-order valence-corrected chi connectivity index (χ1v) is 9.65. The van der Waals surface area contributed by atoms with E-state index in [0.29, 0.717) is 24.5 Å². The van der Waals surface area contributed by atoms with Crippen molar-refractivity contribution in [2.45, 2.75) is 20.4 Å². The summed E-state index contributed by atoms with van der Waals surface area (Å²) < 4.78 is 13.0. The number of halogens is 1. The minimum Gasteiger partial charge on any atom is -0.333 e. The fraction of sp³-hybridized carbons (Fsp3) is 0.318. The molecule has 160 valence electrons. The van der Waals surface area contributed by atoms with Crippen molar-refractivity contribution >= 4 is 29.1 Å². The molecule has 0 heterocycles. The monoisotopic (exact) mass is 414 g/mol. The molecule has 2 rings (SSSR count). The highest BCUT2D eigenvalue weighted by atomic mass is 19.1. The Morgan fingerprint density at radius 3 is 2.00 bits per heavy atom. The molecule has 2 N–H and O–H groups in total. The van der Waals surface area contributed by atoms with Crippen LogP contribution in [0.15, 0.2) is 48.5 Å². The third-order valence-electron chi connectivity index (χ3n) is 4.33. The number of likely N-dealkylation sites (N-methyl/N-ethyl adjacent to an activating group) is 2. The van der Waals surface area contributed by atoms with Gasteiger partial charge in [-0.2, -0.15) is 0 Å². The molecule has 0 aromatic heterocycles. The van der Waals surface area contributed by atoms with Gasteiger partial charge in [0.1, 0.15) is 5.82 Å². The van der Waals surface area contributed by atoms with Crippen LogP contribution in [0.25, 0.3) is 0 Å². The van der Waals surface area contributed by atoms with E-state index in [1.54, 1.807) is 43.4 Å². The van der Waals surface area contributed by atoms with Crippen molar-refractivity contribution in [3.05, 3.63) is 59.9 Å². The van der Waals surface area contributed by atoms with Gasteiger partial charge in [0.05, 0.1) is 13.1 Å². The van der Waals surface area contributed by atoms with E-state index in [-0.39, 0.29) is 36.6 Å². The molecule has 0 aliphatic heterocycles. The van der Waals surface area contributed by atoms with Gasteiger partial charge in [-0.05, 0) is 55.9 Å². The number of amides is 3. The Morgan fingerprint density at radius 1 is 0.900 bits per heavy atom. The summed E-state index contributed by atoms with van der Waals surface area (Å²) >= 11 is 0. The maximum Gasteiger partial charge on any atom is 0.243 e. The first-order valence-electron chi connectivity index (χ1n) is 9.65. The molecule has 7 nitrogen and oxygen atoms in total. The minimum absolute atomic E-state index is 0.0623. The molecule has 0 saturated heterocycles. The maximum absolute atomic E-state index is 13.0. The highest BCUT2D eigenvalue weighted by Crippen LogP contribution is 2.13. The van der Waals surface area contributed by atoms with Gasteiger partial charge in [-0.3, -0.25) is 19.3 Å². The zero-order valence-electron chi connectivity index (χ0n) is 17.4. The molecule has 0 fully saturated rings. The van der Waals surface area contributed by atoms with Gasteiger partial charge in [0.2, 0.25) is 17.7 Å². The topological polar surface area (TPSA) is 81.8 Å². The molecule has 0 radical (unpaired) electrons. The number of carbonyl (C=O) groups excluding carboxylic acids is 3. The zero-order valence-corrected chi connectivity index (χ0v) is 17.4. The highest BCUT2D eigenvalue weighted by molar-refractivity contribution is 5.95. The summed E-state index contributed by atoms with van der Waals surface area (Å²) in [5.41, 5.74) is 2.11. The molecule has 0 saturated carbocycles. The van der Waals surface area contributed by atoms with Gasteiger partial charge in [-0.25, -0.2) is 4.39 Å². The molecule has 0 bridgehead atoms. The minimum atomic E-state index is -0.307. The molecule has 0 aliphatic rings. The largest absolute Gasteiger partial charge is 0.333 e. The van der Waals surface area contributed by atoms with Crippen molar-refractivity contribution in [1.29, 1.82) is 0 Å². The molecule has 30 heavy (non-hydrogen) atoms. The van der Waals surface area contributed by atoms with Crippen LogP contribution < -0.4 is 10.6 Å². The number of anilines is 2. The summed E-state index contributed by atoms with van der Waals surface area (Å²) in [4.78, 5) is 39.2. The van der Waals surface area contributed by atoms with Crippen molar-refractivity contribution in [2.75, 3.05) is 37.3 Å². The molecular formula is C22H27FN4O3. The summed E-state index contributed by atoms with van der Waals surface area (Å²) in [7, 11) is 1.80. The molecule has 2 aromatic carbocycles. The lowest BCUT2D eigenvalue weighted by atomic mass is 10.2. The standard InChI is InChI=1S/C22H27FN4O3/c1-4-27(22(30)15-26(3)13-17-5-7-18(23)8-6-17)14-21(29)25-20-11-9-19(10-12-20)24-16(2)28/h5-12H,4,13-15H2,1-3H3,(H,24,28)(H,25,29). The highest BCUT2D eigenvalue weighted by Gasteiger charge is 2.17. The Bertz CT molecular complexity index is 869. The maximum atomic E-state index is 13.0. The van der Waals surface area contributed by atoms with Gasteiger partial charge < -0.3 is 15.5 Å². The van der Waals surface area contributed by atoms with Crippen LogP contribution in [0.4, 0.5) is 15.8 Å². The molecule has 0 unspecified atom stereocenters. The number of carbonyl (C=O) groups is 3.